The zero-order valence-corrected chi connectivity index (χ0v) is 14.7. The van der Waals surface area contributed by atoms with Gasteiger partial charge in [0, 0.05) is 23.5 Å². The van der Waals surface area contributed by atoms with Crippen LogP contribution in [0.25, 0.3) is 28.0 Å². The average Bonchev–Trinajstić information content (AvgIpc) is 3.47. The molecule has 1 saturated carbocycles. The Morgan fingerprint density at radius 3 is 2.96 bits per heavy atom. The van der Waals surface area contributed by atoms with Crippen LogP contribution in [0.5, 0.6) is 0 Å². The van der Waals surface area contributed by atoms with Gasteiger partial charge >= 0.3 is 0 Å². The molecule has 7 nitrogen and oxygen atoms in total. The quantitative estimate of drug-likeness (QED) is 0.610. The van der Waals surface area contributed by atoms with E-state index in [-0.39, 0.29) is 0 Å². The Kier molecular flexibility index (Phi) is 3.58. The van der Waals surface area contributed by atoms with Gasteiger partial charge in [-0.15, -0.1) is 0 Å². The monoisotopic (exact) mass is 347 g/mol. The van der Waals surface area contributed by atoms with E-state index in [4.69, 9.17) is 4.98 Å². The van der Waals surface area contributed by atoms with Crippen molar-refractivity contribution in [1.29, 1.82) is 0 Å². The van der Waals surface area contributed by atoms with Gasteiger partial charge in [-0.2, -0.15) is 15.3 Å². The van der Waals surface area contributed by atoms with Gasteiger partial charge in [-0.3, -0.25) is 9.78 Å². The second-order valence-electron chi connectivity index (χ2n) is 7.00. The van der Waals surface area contributed by atoms with Crippen molar-refractivity contribution in [2.45, 2.75) is 38.6 Å². The van der Waals surface area contributed by atoms with Gasteiger partial charge in [0.15, 0.2) is 0 Å². The smallest absolute Gasteiger partial charge is 0.0999 e. The van der Waals surface area contributed by atoms with E-state index < -0.39 is 0 Å². The number of rotatable bonds is 4. The highest BCUT2D eigenvalue weighted by Crippen LogP contribution is 2.38. The van der Waals surface area contributed by atoms with E-state index in [0.717, 1.165) is 33.9 Å². The van der Waals surface area contributed by atoms with Crippen LogP contribution in [-0.4, -0.2) is 34.6 Å². The average molecular weight is 347 g/mol. The molecule has 26 heavy (non-hydrogen) atoms. The molecule has 4 heterocycles. The van der Waals surface area contributed by atoms with E-state index in [1.54, 1.807) is 12.4 Å². The zero-order valence-electron chi connectivity index (χ0n) is 14.7. The molecule has 4 aromatic heterocycles. The van der Waals surface area contributed by atoms with Crippen molar-refractivity contribution in [2.75, 3.05) is 0 Å². The minimum Gasteiger partial charge on any atom is -0.285 e. The second-order valence-corrected chi connectivity index (χ2v) is 7.00. The summed E-state index contributed by atoms with van der Waals surface area (Å²) in [5, 5.41) is 16.0. The third kappa shape index (κ3) is 2.42. The first-order valence-corrected chi connectivity index (χ1v) is 9.21. The molecule has 1 fully saturated rings. The largest absolute Gasteiger partial charge is 0.285 e. The Morgan fingerprint density at radius 1 is 1.15 bits per heavy atom. The number of aromatic amines is 1. The van der Waals surface area contributed by atoms with Crippen LogP contribution in [0, 0.1) is 5.92 Å². The molecular weight excluding hydrogens is 326 g/mol. The van der Waals surface area contributed by atoms with Crippen LogP contribution >= 0.6 is 0 Å². The maximum atomic E-state index is 4.89. The fourth-order valence-electron chi connectivity index (χ4n) is 4.15. The third-order valence-corrected chi connectivity index (χ3v) is 5.54. The Morgan fingerprint density at radius 2 is 2.12 bits per heavy atom. The number of hydrogen-bond donors (Lipinski definition) is 1. The predicted molar refractivity (Wildman–Crippen MR) is 98.5 cm³/mol. The lowest BCUT2D eigenvalue weighted by molar-refractivity contribution is 0.343. The number of aromatic nitrogens is 7. The molecule has 4 aromatic rings. The lowest BCUT2D eigenvalue weighted by atomic mass is 10.0. The molecule has 1 aliphatic rings. The number of nitrogens with one attached hydrogen (secondary N) is 1. The summed E-state index contributed by atoms with van der Waals surface area (Å²) in [6.45, 7) is 2.28. The van der Waals surface area contributed by atoms with E-state index in [9.17, 15) is 0 Å². The van der Waals surface area contributed by atoms with Crippen LogP contribution in [0.15, 0.2) is 43.2 Å². The molecule has 0 spiro atoms. The normalized spacial score (nSPS) is 20.2. The Labute approximate surface area is 151 Å². The lowest BCUT2D eigenvalue weighted by Crippen LogP contribution is -2.13. The molecule has 132 valence electrons. The van der Waals surface area contributed by atoms with Crippen molar-refractivity contribution < 1.29 is 0 Å². The molecule has 2 atom stereocenters. The minimum absolute atomic E-state index is 0.506. The first kappa shape index (κ1) is 15.3. The van der Waals surface area contributed by atoms with Gasteiger partial charge in [0.25, 0.3) is 0 Å². The van der Waals surface area contributed by atoms with E-state index in [1.807, 2.05) is 29.2 Å². The lowest BCUT2D eigenvalue weighted by Gasteiger charge is -2.18. The number of H-pyrrole nitrogens is 1. The van der Waals surface area contributed by atoms with Crippen molar-refractivity contribution >= 4 is 5.52 Å². The molecule has 7 heteroatoms. The van der Waals surface area contributed by atoms with Gasteiger partial charge in [-0.1, -0.05) is 19.8 Å². The Balaban J connectivity index is 1.60. The number of hydrogen-bond acceptors (Lipinski definition) is 4. The first-order chi connectivity index (χ1) is 12.8. The van der Waals surface area contributed by atoms with E-state index in [1.165, 1.54) is 25.7 Å². The first-order valence-electron chi connectivity index (χ1n) is 9.21. The molecule has 0 aromatic carbocycles. The second kappa shape index (κ2) is 6.09. The van der Waals surface area contributed by atoms with Gasteiger partial charge in [-0.25, -0.2) is 9.50 Å². The fraction of sp³-hybridized carbons (Fsp3) is 0.368. The summed E-state index contributed by atoms with van der Waals surface area (Å²) in [4.78, 5) is 4.89. The highest BCUT2D eigenvalue weighted by atomic mass is 15.3. The van der Waals surface area contributed by atoms with Crippen LogP contribution in [0.1, 0.15) is 38.6 Å². The van der Waals surface area contributed by atoms with Gasteiger partial charge in [0.05, 0.1) is 47.7 Å². The SMILES string of the molecule is CC[C@@H]1CCC[C@@H]1n1cc(-c2nc(-c3cn[nH]c3)cn3nccc23)cn1. The van der Waals surface area contributed by atoms with E-state index in [2.05, 4.69) is 38.2 Å². The van der Waals surface area contributed by atoms with Crippen LogP contribution in [-0.2, 0) is 0 Å². The fourth-order valence-corrected chi connectivity index (χ4v) is 4.15. The van der Waals surface area contributed by atoms with Crippen molar-refractivity contribution in [3.05, 3.63) is 43.2 Å². The van der Waals surface area contributed by atoms with Gasteiger partial charge in [-0.05, 0) is 24.8 Å². The summed E-state index contributed by atoms with van der Waals surface area (Å²) < 4.78 is 4.02. The molecule has 0 bridgehead atoms. The van der Waals surface area contributed by atoms with E-state index in [0.29, 0.717) is 6.04 Å². The zero-order chi connectivity index (χ0) is 17.5. The molecule has 0 amide bonds. The molecule has 1 aliphatic carbocycles. The van der Waals surface area contributed by atoms with Crippen molar-refractivity contribution in [3.63, 3.8) is 0 Å². The summed E-state index contributed by atoms with van der Waals surface area (Å²) >= 11 is 0. The highest BCUT2D eigenvalue weighted by molar-refractivity contribution is 5.78. The van der Waals surface area contributed by atoms with Gasteiger partial charge < -0.3 is 0 Å². The van der Waals surface area contributed by atoms with E-state index >= 15 is 0 Å². The maximum absolute atomic E-state index is 4.89. The summed E-state index contributed by atoms with van der Waals surface area (Å²) in [5.74, 6) is 0.725. The molecular formula is C19H21N7. The molecule has 0 saturated heterocycles. The van der Waals surface area contributed by atoms with Crippen molar-refractivity contribution in [1.82, 2.24) is 34.6 Å². The highest BCUT2D eigenvalue weighted by Gasteiger charge is 2.28. The summed E-state index contributed by atoms with van der Waals surface area (Å²) in [7, 11) is 0. The van der Waals surface area contributed by atoms with Gasteiger partial charge in [0.1, 0.15) is 0 Å². The van der Waals surface area contributed by atoms with Crippen LogP contribution in [0.3, 0.4) is 0 Å². The van der Waals surface area contributed by atoms with Crippen LogP contribution in [0.2, 0.25) is 0 Å². The van der Waals surface area contributed by atoms with Gasteiger partial charge in [0.2, 0.25) is 0 Å². The number of nitrogens with zero attached hydrogens (tertiary/aromatic N) is 6. The Hall–Kier alpha value is -2.96. The maximum Gasteiger partial charge on any atom is 0.0999 e. The molecule has 0 aliphatic heterocycles. The third-order valence-electron chi connectivity index (χ3n) is 5.54. The summed E-state index contributed by atoms with van der Waals surface area (Å²) in [6, 6.07) is 2.50. The minimum atomic E-state index is 0.506. The molecule has 5 rings (SSSR count). The summed E-state index contributed by atoms with van der Waals surface area (Å²) in [6.07, 6.45) is 16.4. The van der Waals surface area contributed by atoms with Crippen LogP contribution < -0.4 is 0 Å². The predicted octanol–water partition coefficient (Wildman–Crippen LogP) is 3.73. The standard InChI is InChI=1S/C19H21N7/c1-2-13-4-3-5-17(13)25-11-15(10-23-25)19-18-6-7-22-26(18)12-16(24-19)14-8-20-21-9-14/h6-13,17H,2-5H2,1H3,(H,20,21)/t13-,17+/m1/s1. The molecule has 0 unspecified atom stereocenters. The van der Waals surface area contributed by atoms with Crippen LogP contribution in [0.4, 0.5) is 0 Å². The molecule has 1 N–H and O–H groups in total. The topological polar surface area (TPSA) is 76.7 Å². The van der Waals surface area contributed by atoms with Crippen molar-refractivity contribution in [3.8, 4) is 22.5 Å². The molecule has 0 radical (unpaired) electrons. The Bertz CT molecular complexity index is 1030. The number of fused-ring (bicyclic) bond motifs is 1. The van der Waals surface area contributed by atoms with Crippen molar-refractivity contribution in [2.24, 2.45) is 5.92 Å². The summed E-state index contributed by atoms with van der Waals surface area (Å²) in [5.41, 5.74) is 4.69.